The number of rotatable bonds is 4. The lowest BCUT2D eigenvalue weighted by atomic mass is 10.2. The van der Waals surface area contributed by atoms with Gasteiger partial charge in [-0.3, -0.25) is 4.79 Å². The minimum absolute atomic E-state index is 0.0637. The van der Waals surface area contributed by atoms with E-state index in [1.54, 1.807) is 45.3 Å². The number of anilines is 3. The minimum Gasteiger partial charge on any atom is -0.421 e. The first-order valence-electron chi connectivity index (χ1n) is 7.46. The fraction of sp³-hybridized carbons (Fsp3) is 0.188. The van der Waals surface area contributed by atoms with Crippen LogP contribution in [0.5, 0.6) is 0 Å². The quantitative estimate of drug-likeness (QED) is 0.738. The molecule has 3 aromatic rings. The Balaban J connectivity index is 1.77. The molecule has 0 fully saturated rings. The molecule has 9 nitrogen and oxygen atoms in total. The second-order valence-electron chi connectivity index (χ2n) is 5.52. The normalized spacial score (nSPS) is 10.5. The van der Waals surface area contributed by atoms with E-state index in [-0.39, 0.29) is 17.6 Å². The highest BCUT2D eigenvalue weighted by atomic mass is 16.4. The van der Waals surface area contributed by atoms with Crippen molar-refractivity contribution in [3.63, 3.8) is 0 Å². The van der Waals surface area contributed by atoms with Crippen LogP contribution in [0.4, 0.5) is 17.5 Å². The topological polar surface area (TPSA) is 123 Å². The Hall–Kier alpha value is -3.49. The monoisotopic (exact) mass is 339 g/mol. The van der Waals surface area contributed by atoms with Crippen LogP contribution in [0.2, 0.25) is 0 Å². The van der Waals surface area contributed by atoms with Gasteiger partial charge in [-0.05, 0) is 24.3 Å². The molecule has 0 bridgehead atoms. The summed E-state index contributed by atoms with van der Waals surface area (Å²) in [4.78, 5) is 21.8. The Morgan fingerprint density at radius 2 is 1.92 bits per heavy atom. The lowest BCUT2D eigenvalue weighted by molar-refractivity contribution is 0.0827. The lowest BCUT2D eigenvalue weighted by Crippen LogP contribution is -2.21. The summed E-state index contributed by atoms with van der Waals surface area (Å²) in [7, 11) is 3.41. The van der Waals surface area contributed by atoms with Crippen LogP contribution in [-0.2, 0) is 0 Å². The molecule has 128 valence electrons. The van der Waals surface area contributed by atoms with Gasteiger partial charge < -0.3 is 20.4 Å². The predicted octanol–water partition coefficient (Wildman–Crippen LogP) is 1.86. The number of carbonyl (C=O) groups is 1. The summed E-state index contributed by atoms with van der Waals surface area (Å²) in [5, 5.41) is 10.7. The van der Waals surface area contributed by atoms with Crippen molar-refractivity contribution in [3.05, 3.63) is 41.9 Å². The number of benzene rings is 1. The maximum absolute atomic E-state index is 11.9. The molecule has 1 amide bonds. The van der Waals surface area contributed by atoms with Gasteiger partial charge in [-0.15, -0.1) is 10.2 Å². The zero-order valence-corrected chi connectivity index (χ0v) is 14.0. The van der Waals surface area contributed by atoms with Gasteiger partial charge in [-0.25, -0.2) is 4.98 Å². The summed E-state index contributed by atoms with van der Waals surface area (Å²) in [6, 6.07) is 6.99. The van der Waals surface area contributed by atoms with E-state index in [4.69, 9.17) is 10.2 Å². The third kappa shape index (κ3) is 3.55. The van der Waals surface area contributed by atoms with E-state index >= 15 is 0 Å². The maximum atomic E-state index is 11.9. The molecule has 0 unspecified atom stereocenters. The zero-order valence-electron chi connectivity index (χ0n) is 14.0. The van der Waals surface area contributed by atoms with E-state index in [2.05, 4.69) is 25.5 Å². The summed E-state index contributed by atoms with van der Waals surface area (Å²) < 4.78 is 5.32. The molecule has 0 atom stereocenters. The van der Waals surface area contributed by atoms with Crippen LogP contribution in [0.3, 0.4) is 0 Å². The number of hydrogen-bond acceptors (Lipinski definition) is 8. The van der Waals surface area contributed by atoms with Gasteiger partial charge in [0.15, 0.2) is 0 Å². The summed E-state index contributed by atoms with van der Waals surface area (Å²) in [5.74, 6) is 1.19. The highest BCUT2D eigenvalue weighted by Gasteiger charge is 2.13. The number of nitrogens with one attached hydrogen (secondary N) is 1. The van der Waals surface area contributed by atoms with Crippen LogP contribution >= 0.6 is 0 Å². The van der Waals surface area contributed by atoms with Crippen LogP contribution in [0, 0.1) is 6.92 Å². The first-order chi connectivity index (χ1) is 11.9. The van der Waals surface area contributed by atoms with Gasteiger partial charge >= 0.3 is 0 Å². The molecule has 25 heavy (non-hydrogen) atoms. The molecule has 9 heteroatoms. The molecular weight excluding hydrogens is 322 g/mol. The second kappa shape index (κ2) is 6.56. The van der Waals surface area contributed by atoms with E-state index in [0.717, 1.165) is 5.69 Å². The van der Waals surface area contributed by atoms with E-state index in [1.165, 1.54) is 11.1 Å². The molecule has 0 saturated heterocycles. The van der Waals surface area contributed by atoms with Crippen molar-refractivity contribution in [3.8, 4) is 11.5 Å². The van der Waals surface area contributed by atoms with E-state index < -0.39 is 0 Å². The molecule has 2 aromatic heterocycles. The van der Waals surface area contributed by atoms with E-state index in [1.807, 2.05) is 0 Å². The van der Waals surface area contributed by atoms with E-state index in [0.29, 0.717) is 23.0 Å². The van der Waals surface area contributed by atoms with Crippen LogP contribution < -0.4 is 11.1 Å². The molecule has 0 radical (unpaired) electrons. The Kier molecular flexibility index (Phi) is 4.29. The third-order valence-corrected chi connectivity index (χ3v) is 3.37. The summed E-state index contributed by atoms with van der Waals surface area (Å²) in [6.07, 6.45) is 1.52. The summed E-state index contributed by atoms with van der Waals surface area (Å²) >= 11 is 0. The van der Waals surface area contributed by atoms with Gasteiger partial charge in [0.1, 0.15) is 5.82 Å². The molecule has 3 N–H and O–H groups in total. The number of amides is 1. The van der Waals surface area contributed by atoms with Gasteiger partial charge in [0.2, 0.25) is 11.8 Å². The van der Waals surface area contributed by atoms with Gasteiger partial charge in [0, 0.05) is 38.5 Å². The number of aromatic nitrogens is 4. The van der Waals surface area contributed by atoms with Crippen LogP contribution in [0.1, 0.15) is 16.2 Å². The van der Waals surface area contributed by atoms with Crippen molar-refractivity contribution < 1.29 is 9.21 Å². The van der Waals surface area contributed by atoms with Crippen molar-refractivity contribution in [2.45, 2.75) is 6.92 Å². The number of aryl methyl sites for hydroxylation is 1. The molecule has 0 aliphatic heterocycles. The molecule has 0 aliphatic rings. The van der Waals surface area contributed by atoms with Crippen molar-refractivity contribution in [2.24, 2.45) is 0 Å². The third-order valence-electron chi connectivity index (χ3n) is 3.37. The standard InChI is InChI=1S/C16H17N7O2/c1-9-21-22-14(25-9)12-8-18-16(20-13(12)17)19-11-6-4-10(5-7-11)15(24)23(2)3/h4-8H,1-3H3,(H3,17,18,19,20). The number of hydrogen-bond donors (Lipinski definition) is 2. The Bertz CT molecular complexity index is 903. The molecule has 0 saturated carbocycles. The number of carbonyl (C=O) groups excluding carboxylic acids is 1. The molecule has 2 heterocycles. The fourth-order valence-electron chi connectivity index (χ4n) is 2.11. The van der Waals surface area contributed by atoms with Gasteiger partial charge in [0.25, 0.3) is 11.8 Å². The Labute approximate surface area is 143 Å². The molecule has 0 spiro atoms. The minimum atomic E-state index is -0.0637. The van der Waals surface area contributed by atoms with Gasteiger partial charge in [-0.1, -0.05) is 0 Å². The summed E-state index contributed by atoms with van der Waals surface area (Å²) in [5.41, 5.74) is 7.74. The molecular formula is C16H17N7O2. The molecule has 3 rings (SSSR count). The highest BCUT2D eigenvalue weighted by Crippen LogP contribution is 2.24. The molecule has 0 aliphatic carbocycles. The van der Waals surface area contributed by atoms with Crippen molar-refractivity contribution >= 4 is 23.4 Å². The average molecular weight is 339 g/mol. The SMILES string of the molecule is Cc1nnc(-c2cnc(Nc3ccc(C(=O)N(C)C)cc3)nc2N)o1. The number of nitrogens with zero attached hydrogens (tertiary/aromatic N) is 5. The predicted molar refractivity (Wildman–Crippen MR) is 92.2 cm³/mol. The number of nitrogen functional groups attached to an aromatic ring is 1. The van der Waals surface area contributed by atoms with Gasteiger partial charge in [-0.2, -0.15) is 4.98 Å². The van der Waals surface area contributed by atoms with Crippen LogP contribution in [0.15, 0.2) is 34.9 Å². The van der Waals surface area contributed by atoms with Crippen molar-refractivity contribution in [1.82, 2.24) is 25.1 Å². The van der Waals surface area contributed by atoms with Crippen molar-refractivity contribution in [2.75, 3.05) is 25.1 Å². The molecule has 1 aromatic carbocycles. The largest absolute Gasteiger partial charge is 0.421 e. The second-order valence-corrected chi connectivity index (χ2v) is 5.52. The van der Waals surface area contributed by atoms with Crippen LogP contribution in [-0.4, -0.2) is 45.1 Å². The maximum Gasteiger partial charge on any atom is 0.253 e. The zero-order chi connectivity index (χ0) is 18.0. The van der Waals surface area contributed by atoms with Gasteiger partial charge in [0.05, 0.1) is 5.56 Å². The van der Waals surface area contributed by atoms with Crippen LogP contribution in [0.25, 0.3) is 11.5 Å². The Morgan fingerprint density at radius 3 is 2.48 bits per heavy atom. The highest BCUT2D eigenvalue weighted by molar-refractivity contribution is 5.94. The van der Waals surface area contributed by atoms with Crippen molar-refractivity contribution in [1.29, 1.82) is 0 Å². The van der Waals surface area contributed by atoms with E-state index in [9.17, 15) is 4.79 Å². The lowest BCUT2D eigenvalue weighted by Gasteiger charge is -2.11. The summed E-state index contributed by atoms with van der Waals surface area (Å²) in [6.45, 7) is 1.69. The average Bonchev–Trinajstić information content (AvgIpc) is 3.01. The number of nitrogens with two attached hydrogens (primary N) is 1. The Morgan fingerprint density at radius 1 is 1.20 bits per heavy atom. The smallest absolute Gasteiger partial charge is 0.253 e. The first-order valence-corrected chi connectivity index (χ1v) is 7.46. The first kappa shape index (κ1) is 16.4. The fourth-order valence-corrected chi connectivity index (χ4v) is 2.11.